The van der Waals surface area contributed by atoms with E-state index in [4.69, 9.17) is 0 Å². The molecule has 5 nitrogen and oxygen atoms in total. The van der Waals surface area contributed by atoms with Crippen LogP contribution in [0.25, 0.3) is 0 Å². The number of carbonyl (C=O) groups is 1. The zero-order valence-corrected chi connectivity index (χ0v) is 13.3. The number of benzene rings is 1. The molecule has 1 amide bonds. The van der Waals surface area contributed by atoms with Gasteiger partial charge >= 0.3 is 0 Å². The minimum absolute atomic E-state index is 0.248. The number of hydrogen-bond donors (Lipinski definition) is 0. The standard InChI is InChI=1S/C16H20N4OS/c21-16(13-22-12-14-4-2-1-3-5-14)19-9-6-15(7-10-19)20-11-8-17-18-20/h1-5,8,11,15H,6-7,9-10,12-13H2. The molecule has 0 N–H and O–H groups in total. The van der Waals surface area contributed by atoms with Crippen LogP contribution in [0.5, 0.6) is 0 Å². The summed E-state index contributed by atoms with van der Waals surface area (Å²) in [5, 5.41) is 7.90. The number of rotatable bonds is 5. The highest BCUT2D eigenvalue weighted by Gasteiger charge is 2.23. The summed E-state index contributed by atoms with van der Waals surface area (Å²) in [7, 11) is 0. The van der Waals surface area contributed by atoms with Crippen LogP contribution in [0.2, 0.25) is 0 Å². The summed E-state index contributed by atoms with van der Waals surface area (Å²) in [6.45, 7) is 1.63. The van der Waals surface area contributed by atoms with Gasteiger partial charge in [-0.15, -0.1) is 16.9 Å². The number of carbonyl (C=O) groups excluding carboxylic acids is 1. The van der Waals surface area contributed by atoms with Crippen molar-refractivity contribution in [3.63, 3.8) is 0 Å². The van der Waals surface area contributed by atoms with E-state index in [0.29, 0.717) is 11.8 Å². The van der Waals surface area contributed by atoms with E-state index >= 15 is 0 Å². The van der Waals surface area contributed by atoms with Gasteiger partial charge in [0, 0.05) is 25.0 Å². The van der Waals surface area contributed by atoms with Crippen molar-refractivity contribution >= 4 is 17.7 Å². The third-order valence-corrected chi connectivity index (χ3v) is 4.96. The quantitative estimate of drug-likeness (QED) is 0.850. The summed E-state index contributed by atoms with van der Waals surface area (Å²) >= 11 is 1.69. The van der Waals surface area contributed by atoms with Crippen LogP contribution in [-0.2, 0) is 10.5 Å². The molecule has 0 saturated carbocycles. The molecule has 2 aromatic rings. The second kappa shape index (κ2) is 7.45. The van der Waals surface area contributed by atoms with Gasteiger partial charge in [-0.2, -0.15) is 0 Å². The Hall–Kier alpha value is -1.82. The van der Waals surface area contributed by atoms with Gasteiger partial charge in [0.1, 0.15) is 0 Å². The molecule has 0 radical (unpaired) electrons. The van der Waals surface area contributed by atoms with Crippen LogP contribution in [0, 0.1) is 0 Å². The maximum absolute atomic E-state index is 12.3. The lowest BCUT2D eigenvalue weighted by molar-refractivity contribution is -0.129. The van der Waals surface area contributed by atoms with Gasteiger partial charge in [0.15, 0.2) is 0 Å². The summed E-state index contributed by atoms with van der Waals surface area (Å²) in [6.07, 6.45) is 5.52. The molecule has 0 spiro atoms. The van der Waals surface area contributed by atoms with Crippen molar-refractivity contribution in [3.05, 3.63) is 48.3 Å². The molecule has 22 heavy (non-hydrogen) atoms. The number of piperidine rings is 1. The van der Waals surface area contributed by atoms with Crippen molar-refractivity contribution in [1.29, 1.82) is 0 Å². The summed E-state index contributed by atoms with van der Waals surface area (Å²) in [5.74, 6) is 1.70. The zero-order chi connectivity index (χ0) is 15.2. The fraction of sp³-hybridized carbons (Fsp3) is 0.438. The lowest BCUT2D eigenvalue weighted by Crippen LogP contribution is -2.40. The van der Waals surface area contributed by atoms with Gasteiger partial charge in [0.25, 0.3) is 0 Å². The van der Waals surface area contributed by atoms with E-state index in [1.165, 1.54) is 5.56 Å². The van der Waals surface area contributed by atoms with E-state index in [9.17, 15) is 4.79 Å². The highest BCUT2D eigenvalue weighted by Crippen LogP contribution is 2.22. The largest absolute Gasteiger partial charge is 0.342 e. The highest BCUT2D eigenvalue weighted by atomic mass is 32.2. The number of nitrogens with zero attached hydrogens (tertiary/aromatic N) is 4. The van der Waals surface area contributed by atoms with Crippen molar-refractivity contribution in [2.75, 3.05) is 18.8 Å². The van der Waals surface area contributed by atoms with Gasteiger partial charge in [0.05, 0.1) is 18.0 Å². The lowest BCUT2D eigenvalue weighted by Gasteiger charge is -2.31. The van der Waals surface area contributed by atoms with Gasteiger partial charge in [0.2, 0.25) is 5.91 Å². The molecule has 0 bridgehead atoms. The van der Waals surface area contributed by atoms with E-state index < -0.39 is 0 Å². The third-order valence-electron chi connectivity index (χ3n) is 3.97. The molecule has 1 fully saturated rings. The molecular weight excluding hydrogens is 296 g/mol. The molecule has 1 aliphatic heterocycles. The molecule has 0 aliphatic carbocycles. The van der Waals surface area contributed by atoms with Gasteiger partial charge in [-0.25, -0.2) is 4.68 Å². The van der Waals surface area contributed by atoms with Crippen LogP contribution < -0.4 is 0 Å². The van der Waals surface area contributed by atoms with Crippen molar-refractivity contribution in [1.82, 2.24) is 19.9 Å². The molecule has 0 atom stereocenters. The Morgan fingerprint density at radius 1 is 1.23 bits per heavy atom. The molecule has 1 aromatic carbocycles. The fourth-order valence-corrected chi connectivity index (χ4v) is 3.60. The molecule has 2 heterocycles. The van der Waals surface area contributed by atoms with Gasteiger partial charge in [-0.05, 0) is 18.4 Å². The molecule has 1 saturated heterocycles. The van der Waals surface area contributed by atoms with Crippen LogP contribution >= 0.6 is 11.8 Å². The maximum Gasteiger partial charge on any atom is 0.232 e. The van der Waals surface area contributed by atoms with Crippen LogP contribution in [-0.4, -0.2) is 44.6 Å². The van der Waals surface area contributed by atoms with Crippen LogP contribution in [0.3, 0.4) is 0 Å². The number of hydrogen-bond acceptors (Lipinski definition) is 4. The summed E-state index contributed by atoms with van der Waals surface area (Å²) in [4.78, 5) is 14.2. The molecular formula is C16H20N4OS. The predicted octanol–water partition coefficient (Wildman–Crippen LogP) is 2.38. The molecule has 1 aromatic heterocycles. The Labute approximate surface area is 134 Å². The average Bonchev–Trinajstić information content (AvgIpc) is 3.10. The first-order valence-electron chi connectivity index (χ1n) is 7.58. The Morgan fingerprint density at radius 3 is 2.68 bits per heavy atom. The van der Waals surface area contributed by atoms with E-state index in [0.717, 1.165) is 31.7 Å². The van der Waals surface area contributed by atoms with Gasteiger partial charge < -0.3 is 4.90 Å². The molecule has 1 aliphatic rings. The van der Waals surface area contributed by atoms with E-state index in [1.54, 1.807) is 18.0 Å². The molecule has 0 unspecified atom stereocenters. The zero-order valence-electron chi connectivity index (χ0n) is 12.5. The summed E-state index contributed by atoms with van der Waals surface area (Å²) < 4.78 is 1.91. The molecule has 116 valence electrons. The summed E-state index contributed by atoms with van der Waals surface area (Å²) in [5.41, 5.74) is 1.27. The van der Waals surface area contributed by atoms with Crippen molar-refractivity contribution < 1.29 is 4.79 Å². The topological polar surface area (TPSA) is 51.0 Å². The van der Waals surface area contributed by atoms with Crippen LogP contribution in [0.15, 0.2) is 42.7 Å². The SMILES string of the molecule is O=C(CSCc1ccccc1)N1CCC(n2ccnn2)CC1. The molecule has 6 heteroatoms. The second-order valence-corrected chi connectivity index (χ2v) is 6.46. The third kappa shape index (κ3) is 3.88. The van der Waals surface area contributed by atoms with Gasteiger partial charge in [-0.3, -0.25) is 4.79 Å². The Bertz CT molecular complexity index is 579. The smallest absolute Gasteiger partial charge is 0.232 e. The Kier molecular flexibility index (Phi) is 5.11. The number of thioether (sulfide) groups is 1. The fourth-order valence-electron chi connectivity index (χ4n) is 2.71. The number of likely N-dealkylation sites (tertiary alicyclic amines) is 1. The first-order valence-corrected chi connectivity index (χ1v) is 8.73. The minimum atomic E-state index is 0.248. The van der Waals surface area contributed by atoms with E-state index in [1.807, 2.05) is 34.0 Å². The van der Waals surface area contributed by atoms with Crippen molar-refractivity contribution in [2.24, 2.45) is 0 Å². The second-order valence-electron chi connectivity index (χ2n) is 5.47. The predicted molar refractivity (Wildman–Crippen MR) is 87.5 cm³/mol. The Balaban J connectivity index is 1.40. The van der Waals surface area contributed by atoms with Gasteiger partial charge in [-0.1, -0.05) is 35.5 Å². The van der Waals surface area contributed by atoms with Crippen LogP contribution in [0.4, 0.5) is 0 Å². The van der Waals surface area contributed by atoms with E-state index in [-0.39, 0.29) is 5.91 Å². The lowest BCUT2D eigenvalue weighted by atomic mass is 10.1. The maximum atomic E-state index is 12.3. The minimum Gasteiger partial charge on any atom is -0.342 e. The number of aromatic nitrogens is 3. The average molecular weight is 316 g/mol. The number of amides is 1. The van der Waals surface area contributed by atoms with Crippen molar-refractivity contribution in [3.8, 4) is 0 Å². The summed E-state index contributed by atoms with van der Waals surface area (Å²) in [6, 6.07) is 10.7. The Morgan fingerprint density at radius 2 is 2.00 bits per heavy atom. The highest BCUT2D eigenvalue weighted by molar-refractivity contribution is 7.99. The first kappa shape index (κ1) is 15.1. The normalized spacial score (nSPS) is 15.9. The first-order chi connectivity index (χ1) is 10.8. The van der Waals surface area contributed by atoms with Crippen LogP contribution in [0.1, 0.15) is 24.4 Å². The monoisotopic (exact) mass is 316 g/mol. The van der Waals surface area contributed by atoms with E-state index in [2.05, 4.69) is 22.4 Å². The molecule has 3 rings (SSSR count). The van der Waals surface area contributed by atoms with Crippen molar-refractivity contribution in [2.45, 2.75) is 24.6 Å².